The number of nitrogens with one attached hydrogen (secondary N) is 1. The molecule has 0 aliphatic rings. The minimum atomic E-state index is -1.13. The molecule has 196 valence electrons. The van der Waals surface area contributed by atoms with Crippen molar-refractivity contribution < 1.29 is 19.4 Å². The number of hydrogen-bond acceptors (Lipinski definition) is 6. The van der Waals surface area contributed by atoms with E-state index in [1.54, 1.807) is 42.1 Å². The second kappa shape index (κ2) is 12.3. The summed E-state index contributed by atoms with van der Waals surface area (Å²) in [6.45, 7) is 0.440. The molecule has 0 fully saturated rings. The predicted octanol–water partition coefficient (Wildman–Crippen LogP) is 5.03. The molecule has 39 heavy (non-hydrogen) atoms. The van der Waals surface area contributed by atoms with Crippen molar-refractivity contribution in [1.82, 2.24) is 19.9 Å². The van der Waals surface area contributed by atoms with Gasteiger partial charge in [0.05, 0.1) is 6.20 Å². The number of rotatable bonds is 11. The Morgan fingerprint density at radius 3 is 2.26 bits per heavy atom. The molecule has 2 heterocycles. The molecule has 0 radical (unpaired) electrons. The average Bonchev–Trinajstić information content (AvgIpc) is 3.40. The highest BCUT2D eigenvalue weighted by molar-refractivity contribution is 7.98. The Kier molecular flexibility index (Phi) is 8.18. The predicted molar refractivity (Wildman–Crippen MR) is 149 cm³/mol. The average molecular weight is 539 g/mol. The number of amides is 1. The summed E-state index contributed by atoms with van der Waals surface area (Å²) in [5, 5.41) is 17.6. The topological polar surface area (TPSA) is 106 Å². The van der Waals surface area contributed by atoms with Gasteiger partial charge >= 0.3 is 5.97 Å². The third kappa shape index (κ3) is 7.03. The lowest BCUT2D eigenvalue weighted by molar-refractivity contribution is -0.139. The van der Waals surface area contributed by atoms with Gasteiger partial charge in [0.25, 0.3) is 5.91 Å². The third-order valence-corrected chi connectivity index (χ3v) is 6.96. The van der Waals surface area contributed by atoms with Crippen LogP contribution >= 0.6 is 11.8 Å². The van der Waals surface area contributed by atoms with E-state index in [0.29, 0.717) is 18.0 Å². The number of nitrogens with zero attached hydrogens (tertiary/aromatic N) is 3. The van der Waals surface area contributed by atoms with Gasteiger partial charge in [-0.25, -0.2) is 14.3 Å². The van der Waals surface area contributed by atoms with Crippen LogP contribution in [-0.4, -0.2) is 37.6 Å². The zero-order chi connectivity index (χ0) is 27.0. The molecule has 8 nitrogen and oxygen atoms in total. The fourth-order valence-corrected chi connectivity index (χ4v) is 4.73. The number of aliphatic carboxylic acids is 1. The van der Waals surface area contributed by atoms with Gasteiger partial charge in [0, 0.05) is 12.2 Å². The maximum Gasteiger partial charge on any atom is 0.326 e. The van der Waals surface area contributed by atoms with Crippen molar-refractivity contribution in [2.75, 3.05) is 0 Å². The molecule has 1 unspecified atom stereocenters. The van der Waals surface area contributed by atoms with Crippen LogP contribution < -0.4 is 10.1 Å². The molecular weight excluding hydrogens is 512 g/mol. The normalized spacial score (nSPS) is 11.7. The summed E-state index contributed by atoms with van der Waals surface area (Å²) in [4.78, 5) is 29.1. The first kappa shape index (κ1) is 26.0. The maximum absolute atomic E-state index is 12.9. The van der Waals surface area contributed by atoms with Crippen molar-refractivity contribution in [2.24, 2.45) is 0 Å². The number of imidazole rings is 1. The number of carbonyl (C=O) groups is 2. The lowest BCUT2D eigenvalue weighted by Gasteiger charge is -2.14. The zero-order valence-electron chi connectivity index (χ0n) is 20.9. The van der Waals surface area contributed by atoms with Gasteiger partial charge in [0.2, 0.25) is 0 Å². The lowest BCUT2D eigenvalue weighted by atomic mass is 10.1. The highest BCUT2D eigenvalue weighted by Gasteiger charge is 2.23. The summed E-state index contributed by atoms with van der Waals surface area (Å²) < 4.78 is 7.33. The molecule has 0 saturated carbocycles. The van der Waals surface area contributed by atoms with Crippen molar-refractivity contribution in [3.05, 3.63) is 126 Å². The Labute approximate surface area is 229 Å². The van der Waals surface area contributed by atoms with Crippen LogP contribution in [0.25, 0.3) is 5.65 Å². The number of benzene rings is 3. The van der Waals surface area contributed by atoms with E-state index in [0.717, 1.165) is 21.9 Å². The van der Waals surface area contributed by atoms with Crippen LogP contribution in [0, 0.1) is 0 Å². The standard InChI is InChI=1S/C30H26N4O4S/c35-29(26-18-34-27(31-26)15-16-28(33-34)39-20-23-9-5-2-6-10-23)32-25(30(36)37)17-21-11-13-24(14-12-21)38-19-22-7-3-1-4-8-22/h1-16,18,25H,17,19-20H2,(H,32,35)(H,36,37). The minimum absolute atomic E-state index is 0.101. The van der Waals surface area contributed by atoms with E-state index in [1.807, 2.05) is 54.6 Å². The van der Waals surface area contributed by atoms with E-state index in [4.69, 9.17) is 4.74 Å². The van der Waals surface area contributed by atoms with Crippen LogP contribution in [0.2, 0.25) is 0 Å². The first-order valence-corrected chi connectivity index (χ1v) is 13.3. The van der Waals surface area contributed by atoms with Crippen LogP contribution in [0.15, 0.2) is 108 Å². The molecule has 3 aromatic carbocycles. The molecule has 0 spiro atoms. The molecule has 0 saturated heterocycles. The van der Waals surface area contributed by atoms with Crippen LogP contribution in [0.1, 0.15) is 27.2 Å². The van der Waals surface area contributed by atoms with E-state index in [2.05, 4.69) is 27.5 Å². The lowest BCUT2D eigenvalue weighted by Crippen LogP contribution is -2.42. The SMILES string of the molecule is O=C(NC(Cc1ccc(OCc2ccccc2)cc1)C(=O)O)c1cn2nc(SCc3ccccc3)ccc2n1. The number of ether oxygens (including phenoxy) is 1. The fourth-order valence-electron chi connectivity index (χ4n) is 3.91. The Morgan fingerprint density at radius 2 is 1.56 bits per heavy atom. The van der Waals surface area contributed by atoms with E-state index < -0.39 is 17.9 Å². The molecule has 9 heteroatoms. The highest BCUT2D eigenvalue weighted by atomic mass is 32.2. The Morgan fingerprint density at radius 1 is 0.872 bits per heavy atom. The first-order chi connectivity index (χ1) is 19.0. The van der Waals surface area contributed by atoms with Crippen LogP contribution in [0.4, 0.5) is 0 Å². The van der Waals surface area contributed by atoms with Crippen molar-refractivity contribution in [3.8, 4) is 5.75 Å². The van der Waals surface area contributed by atoms with Gasteiger partial charge in [0.15, 0.2) is 5.65 Å². The Hall–Kier alpha value is -4.63. The minimum Gasteiger partial charge on any atom is -0.489 e. The maximum atomic E-state index is 12.9. The molecule has 5 rings (SSSR count). The van der Waals surface area contributed by atoms with Crippen LogP contribution in [-0.2, 0) is 23.6 Å². The smallest absolute Gasteiger partial charge is 0.326 e. The molecule has 1 atom stereocenters. The Bertz CT molecular complexity index is 1560. The van der Waals surface area contributed by atoms with E-state index in [9.17, 15) is 14.7 Å². The number of carboxylic acid groups (broad SMARTS) is 1. The van der Waals surface area contributed by atoms with Crippen molar-refractivity contribution in [2.45, 2.75) is 29.8 Å². The molecule has 1 amide bonds. The van der Waals surface area contributed by atoms with E-state index in [1.165, 1.54) is 16.3 Å². The van der Waals surface area contributed by atoms with Crippen molar-refractivity contribution >= 4 is 29.3 Å². The third-order valence-electron chi connectivity index (χ3n) is 5.97. The second-order valence-corrected chi connectivity index (χ2v) is 9.86. The van der Waals surface area contributed by atoms with Gasteiger partial charge in [0.1, 0.15) is 29.1 Å². The quantitative estimate of drug-likeness (QED) is 0.227. The van der Waals surface area contributed by atoms with Crippen LogP contribution in [0.5, 0.6) is 5.75 Å². The fraction of sp³-hybridized carbons (Fsp3) is 0.133. The number of aromatic nitrogens is 3. The Balaban J connectivity index is 1.19. The number of hydrogen-bond donors (Lipinski definition) is 2. The summed E-state index contributed by atoms with van der Waals surface area (Å²) in [6.07, 6.45) is 1.63. The number of fused-ring (bicyclic) bond motifs is 1. The van der Waals surface area contributed by atoms with Gasteiger partial charge in [-0.2, -0.15) is 5.10 Å². The van der Waals surface area contributed by atoms with E-state index >= 15 is 0 Å². The molecule has 0 bridgehead atoms. The molecule has 2 aromatic heterocycles. The van der Waals surface area contributed by atoms with Gasteiger partial charge in [-0.1, -0.05) is 84.6 Å². The second-order valence-electron chi connectivity index (χ2n) is 8.86. The van der Waals surface area contributed by atoms with Crippen molar-refractivity contribution in [3.63, 3.8) is 0 Å². The molecule has 2 N–H and O–H groups in total. The zero-order valence-corrected chi connectivity index (χ0v) is 21.8. The molecule has 5 aromatic rings. The largest absolute Gasteiger partial charge is 0.489 e. The number of carbonyl (C=O) groups excluding carboxylic acids is 1. The highest BCUT2D eigenvalue weighted by Crippen LogP contribution is 2.21. The first-order valence-electron chi connectivity index (χ1n) is 12.4. The monoisotopic (exact) mass is 538 g/mol. The van der Waals surface area contributed by atoms with Crippen LogP contribution in [0.3, 0.4) is 0 Å². The summed E-state index contributed by atoms with van der Waals surface area (Å²) in [5.74, 6) is -0.262. The van der Waals surface area contributed by atoms with Gasteiger partial charge in [-0.05, 0) is 41.0 Å². The van der Waals surface area contributed by atoms with Crippen molar-refractivity contribution in [1.29, 1.82) is 0 Å². The molecular formula is C30H26N4O4S. The van der Waals surface area contributed by atoms with Gasteiger partial charge < -0.3 is 15.2 Å². The molecule has 0 aliphatic carbocycles. The summed E-state index contributed by atoms with van der Waals surface area (Å²) in [7, 11) is 0. The summed E-state index contributed by atoms with van der Waals surface area (Å²) >= 11 is 1.58. The van der Waals surface area contributed by atoms with E-state index in [-0.39, 0.29) is 12.1 Å². The van der Waals surface area contributed by atoms with Gasteiger partial charge in [-0.15, -0.1) is 0 Å². The van der Waals surface area contributed by atoms with Gasteiger partial charge in [-0.3, -0.25) is 4.79 Å². The summed E-state index contributed by atoms with van der Waals surface area (Å²) in [6, 6.07) is 29.6. The number of carboxylic acids is 1. The number of thioether (sulfide) groups is 1. The molecule has 0 aliphatic heterocycles. The summed E-state index contributed by atoms with van der Waals surface area (Å²) in [5.41, 5.74) is 3.60.